The number of aryl methyl sites for hydroxylation is 1. The smallest absolute Gasteiger partial charge is 0.251 e. The van der Waals surface area contributed by atoms with Gasteiger partial charge < -0.3 is 5.32 Å². The molecule has 18 heavy (non-hydrogen) atoms. The van der Waals surface area contributed by atoms with Crippen LogP contribution in [0.5, 0.6) is 0 Å². The van der Waals surface area contributed by atoms with Gasteiger partial charge in [0.25, 0.3) is 5.91 Å². The average molecular weight is 333 g/mol. The first kappa shape index (κ1) is 15.5. The Bertz CT molecular complexity index is 420. The van der Waals surface area contributed by atoms with Gasteiger partial charge in [0, 0.05) is 22.0 Å². The summed E-state index contributed by atoms with van der Waals surface area (Å²) < 4.78 is 0. The van der Waals surface area contributed by atoms with Crippen molar-refractivity contribution in [2.75, 3.05) is 5.33 Å². The molecule has 0 aliphatic rings. The Morgan fingerprint density at radius 2 is 2.11 bits per heavy atom. The van der Waals surface area contributed by atoms with Crippen LogP contribution in [0.15, 0.2) is 18.2 Å². The van der Waals surface area contributed by atoms with E-state index in [2.05, 4.69) is 35.1 Å². The third kappa shape index (κ3) is 4.62. The summed E-state index contributed by atoms with van der Waals surface area (Å²) >= 11 is 9.32. The molecule has 2 nitrogen and oxygen atoms in total. The number of hydrogen-bond donors (Lipinski definition) is 1. The zero-order valence-corrected chi connectivity index (χ0v) is 13.3. The lowest BCUT2D eigenvalue weighted by atomic mass is 10.0. The van der Waals surface area contributed by atoms with Gasteiger partial charge in [-0.25, -0.2) is 0 Å². The monoisotopic (exact) mass is 331 g/mol. The summed E-state index contributed by atoms with van der Waals surface area (Å²) in [5.74, 6) is 0.522. The highest BCUT2D eigenvalue weighted by molar-refractivity contribution is 9.09. The van der Waals surface area contributed by atoms with Crippen molar-refractivity contribution in [1.29, 1.82) is 0 Å². The van der Waals surface area contributed by atoms with E-state index in [4.69, 9.17) is 11.6 Å². The summed E-state index contributed by atoms with van der Waals surface area (Å²) in [6, 6.07) is 5.48. The minimum absolute atomic E-state index is 0.0331. The first-order valence-electron chi connectivity index (χ1n) is 6.07. The predicted molar refractivity (Wildman–Crippen MR) is 80.7 cm³/mol. The Kier molecular flexibility index (Phi) is 6.16. The van der Waals surface area contributed by atoms with E-state index < -0.39 is 0 Å². The summed E-state index contributed by atoms with van der Waals surface area (Å²) in [5.41, 5.74) is 1.59. The second kappa shape index (κ2) is 7.15. The molecule has 0 aliphatic carbocycles. The van der Waals surface area contributed by atoms with E-state index >= 15 is 0 Å². The van der Waals surface area contributed by atoms with Crippen molar-refractivity contribution in [3.05, 3.63) is 34.3 Å². The Balaban J connectivity index is 2.74. The summed E-state index contributed by atoms with van der Waals surface area (Å²) in [7, 11) is 0. The predicted octanol–water partition coefficient (Wildman–Crippen LogP) is 4.19. The highest BCUT2D eigenvalue weighted by atomic mass is 79.9. The SMILES string of the molecule is Cc1cc(Cl)ccc1C(=O)NC(CBr)CC(C)C. The number of carbonyl (C=O) groups excluding carboxylic acids is 1. The second-order valence-corrected chi connectivity index (χ2v) is 6.00. The standard InChI is InChI=1S/C14H19BrClNO/c1-9(2)6-12(8-15)17-14(18)13-5-4-11(16)7-10(13)3/h4-5,7,9,12H,6,8H2,1-3H3,(H,17,18). The maximum atomic E-state index is 12.2. The lowest BCUT2D eigenvalue weighted by Crippen LogP contribution is -2.37. The normalized spacial score (nSPS) is 12.6. The molecule has 0 saturated carbocycles. The van der Waals surface area contributed by atoms with Gasteiger partial charge in [-0.2, -0.15) is 0 Å². The van der Waals surface area contributed by atoms with Crippen LogP contribution in [0.1, 0.15) is 36.2 Å². The van der Waals surface area contributed by atoms with Crippen molar-refractivity contribution in [2.24, 2.45) is 5.92 Å². The first-order chi connectivity index (χ1) is 8.43. The second-order valence-electron chi connectivity index (χ2n) is 4.91. The van der Waals surface area contributed by atoms with Crippen LogP contribution < -0.4 is 5.32 Å². The summed E-state index contributed by atoms with van der Waals surface area (Å²) in [6.45, 7) is 6.19. The van der Waals surface area contributed by atoms with E-state index in [1.165, 1.54) is 0 Å². The molecule has 0 aliphatic heterocycles. The number of rotatable bonds is 5. The zero-order valence-electron chi connectivity index (χ0n) is 11.0. The molecule has 1 amide bonds. The lowest BCUT2D eigenvalue weighted by molar-refractivity contribution is 0.0936. The summed E-state index contributed by atoms with van der Waals surface area (Å²) in [5, 5.41) is 4.47. The van der Waals surface area contributed by atoms with Gasteiger partial charge in [0.15, 0.2) is 0 Å². The molecular weight excluding hydrogens is 314 g/mol. The molecule has 1 aromatic carbocycles. The van der Waals surface area contributed by atoms with Gasteiger partial charge in [-0.3, -0.25) is 4.79 Å². The third-order valence-electron chi connectivity index (χ3n) is 2.71. The van der Waals surface area contributed by atoms with Crippen molar-refractivity contribution >= 4 is 33.4 Å². The Morgan fingerprint density at radius 3 is 2.61 bits per heavy atom. The van der Waals surface area contributed by atoms with Crippen LogP contribution in [0.4, 0.5) is 0 Å². The topological polar surface area (TPSA) is 29.1 Å². The minimum atomic E-state index is -0.0331. The molecule has 4 heteroatoms. The molecule has 0 heterocycles. The number of halogens is 2. The molecule has 0 bridgehead atoms. The van der Waals surface area contributed by atoms with E-state index in [1.54, 1.807) is 12.1 Å². The summed E-state index contributed by atoms with van der Waals surface area (Å²) in [4.78, 5) is 12.2. The van der Waals surface area contributed by atoms with Crippen LogP contribution in [-0.2, 0) is 0 Å². The first-order valence-corrected chi connectivity index (χ1v) is 7.57. The average Bonchev–Trinajstić information content (AvgIpc) is 2.27. The fourth-order valence-electron chi connectivity index (χ4n) is 1.87. The van der Waals surface area contributed by atoms with Crippen molar-refractivity contribution in [2.45, 2.75) is 33.2 Å². The van der Waals surface area contributed by atoms with Gasteiger partial charge in [0.1, 0.15) is 0 Å². The van der Waals surface area contributed by atoms with E-state index in [0.717, 1.165) is 17.3 Å². The third-order valence-corrected chi connectivity index (χ3v) is 3.73. The zero-order chi connectivity index (χ0) is 13.7. The maximum absolute atomic E-state index is 12.2. The number of hydrogen-bond acceptors (Lipinski definition) is 1. The number of carbonyl (C=O) groups is 1. The molecule has 0 spiro atoms. The molecular formula is C14H19BrClNO. The fraction of sp³-hybridized carbons (Fsp3) is 0.500. The van der Waals surface area contributed by atoms with Crippen molar-refractivity contribution in [1.82, 2.24) is 5.32 Å². The molecule has 100 valence electrons. The van der Waals surface area contributed by atoms with Crippen LogP contribution in [-0.4, -0.2) is 17.3 Å². The number of amides is 1. The molecule has 1 aromatic rings. The Hall–Kier alpha value is -0.540. The largest absolute Gasteiger partial charge is 0.348 e. The van der Waals surface area contributed by atoms with Crippen LogP contribution in [0.25, 0.3) is 0 Å². The quantitative estimate of drug-likeness (QED) is 0.805. The molecule has 1 unspecified atom stereocenters. The van der Waals surface area contributed by atoms with Crippen LogP contribution in [0.2, 0.25) is 5.02 Å². The molecule has 0 saturated heterocycles. The highest BCUT2D eigenvalue weighted by Gasteiger charge is 2.15. The lowest BCUT2D eigenvalue weighted by Gasteiger charge is -2.19. The van der Waals surface area contributed by atoms with E-state index in [1.807, 2.05) is 13.0 Å². The van der Waals surface area contributed by atoms with Crippen molar-refractivity contribution in [3.63, 3.8) is 0 Å². The van der Waals surface area contributed by atoms with Crippen molar-refractivity contribution in [3.8, 4) is 0 Å². The van der Waals surface area contributed by atoms with E-state index in [-0.39, 0.29) is 11.9 Å². The Labute approximate surface area is 122 Å². The van der Waals surface area contributed by atoms with E-state index in [0.29, 0.717) is 16.5 Å². The number of nitrogens with one attached hydrogen (secondary N) is 1. The minimum Gasteiger partial charge on any atom is -0.348 e. The summed E-state index contributed by atoms with van der Waals surface area (Å²) in [6.07, 6.45) is 0.962. The van der Waals surface area contributed by atoms with Gasteiger partial charge >= 0.3 is 0 Å². The molecule has 0 radical (unpaired) electrons. The van der Waals surface area contributed by atoms with Gasteiger partial charge in [0.05, 0.1) is 0 Å². The molecule has 0 aromatic heterocycles. The van der Waals surface area contributed by atoms with Crippen LogP contribution in [0, 0.1) is 12.8 Å². The van der Waals surface area contributed by atoms with Gasteiger partial charge in [0.2, 0.25) is 0 Å². The fourth-order valence-corrected chi connectivity index (χ4v) is 2.53. The van der Waals surface area contributed by atoms with Gasteiger partial charge in [-0.15, -0.1) is 0 Å². The van der Waals surface area contributed by atoms with Crippen LogP contribution >= 0.6 is 27.5 Å². The van der Waals surface area contributed by atoms with Crippen molar-refractivity contribution < 1.29 is 4.79 Å². The molecule has 1 atom stereocenters. The van der Waals surface area contributed by atoms with Crippen LogP contribution in [0.3, 0.4) is 0 Å². The maximum Gasteiger partial charge on any atom is 0.251 e. The van der Waals surface area contributed by atoms with E-state index in [9.17, 15) is 4.79 Å². The molecule has 1 N–H and O–H groups in total. The van der Waals surface area contributed by atoms with Gasteiger partial charge in [-0.05, 0) is 43.0 Å². The molecule has 1 rings (SSSR count). The Morgan fingerprint density at radius 1 is 1.44 bits per heavy atom. The number of alkyl halides is 1. The number of benzene rings is 1. The van der Waals surface area contributed by atoms with Gasteiger partial charge in [-0.1, -0.05) is 41.4 Å². The molecule has 0 fully saturated rings. The highest BCUT2D eigenvalue weighted by Crippen LogP contribution is 2.16.